The van der Waals surface area contributed by atoms with Gasteiger partial charge < -0.3 is 30.7 Å². The number of aliphatic hydroxyl groups excluding tert-OH is 2. The number of aliphatic hydroxyl groups is 2. The minimum atomic E-state index is -4.06. The summed E-state index contributed by atoms with van der Waals surface area (Å²) in [5.41, 5.74) is 4.69. The van der Waals surface area contributed by atoms with Gasteiger partial charge in [0.05, 0.1) is 25.6 Å². The normalized spacial score (nSPS) is 28.6. The highest BCUT2D eigenvalue weighted by molar-refractivity contribution is 8.44. The Morgan fingerprint density at radius 3 is 2.64 bits per heavy atom. The maximum Gasteiger partial charge on any atom is 0.386 e. The van der Waals surface area contributed by atoms with Crippen LogP contribution in [0.3, 0.4) is 0 Å². The summed E-state index contributed by atoms with van der Waals surface area (Å²) in [5.74, 6) is 0.0235. The van der Waals surface area contributed by atoms with Crippen LogP contribution in [0.1, 0.15) is 25.3 Å². The maximum atomic E-state index is 13.0. The molecule has 3 aromatic rings. The van der Waals surface area contributed by atoms with E-state index in [1.807, 2.05) is 0 Å². The predicted molar refractivity (Wildman–Crippen MR) is 136 cm³/mol. The van der Waals surface area contributed by atoms with Crippen molar-refractivity contribution in [1.29, 1.82) is 0 Å². The van der Waals surface area contributed by atoms with Crippen molar-refractivity contribution in [3.63, 3.8) is 0 Å². The molecule has 0 amide bonds. The Balaban J connectivity index is 1.22. The molecule has 6 N–H and O–H groups in total. The van der Waals surface area contributed by atoms with E-state index >= 15 is 0 Å². The molecule has 20 heteroatoms. The topological polar surface area (TPSA) is 244 Å². The van der Waals surface area contributed by atoms with Crippen molar-refractivity contribution in [1.82, 2.24) is 34.1 Å². The molecule has 212 valence electrons. The Labute approximate surface area is 224 Å². The van der Waals surface area contributed by atoms with Gasteiger partial charge in [-0.05, 0) is 0 Å². The number of thiol groups is 1. The van der Waals surface area contributed by atoms with E-state index in [1.165, 1.54) is 17.2 Å². The lowest BCUT2D eigenvalue weighted by Gasteiger charge is -2.22. The van der Waals surface area contributed by atoms with Crippen LogP contribution in [0, 0.1) is 0 Å². The van der Waals surface area contributed by atoms with Crippen LogP contribution in [-0.2, 0) is 23.1 Å². The molecule has 1 unspecified atom stereocenters. The fraction of sp³-hybridized carbons (Fsp3) is 0.579. The second-order valence-electron chi connectivity index (χ2n) is 8.78. The van der Waals surface area contributed by atoms with Crippen molar-refractivity contribution < 1.29 is 33.3 Å². The monoisotopic (exact) mass is 587 g/mol. The van der Waals surface area contributed by atoms with E-state index in [1.54, 1.807) is 7.05 Å². The summed E-state index contributed by atoms with van der Waals surface area (Å²) in [5, 5.41) is 22.9. The molecule has 5 heterocycles. The van der Waals surface area contributed by atoms with Gasteiger partial charge in [-0.2, -0.15) is 9.97 Å². The summed E-state index contributed by atoms with van der Waals surface area (Å²) in [4.78, 5) is 42.5. The number of nitrogens with zero attached hydrogens (tertiary/aromatic N) is 6. The molecule has 0 saturated carbocycles. The summed E-state index contributed by atoms with van der Waals surface area (Å²) in [6.45, 7) is -4.91. The first kappa shape index (κ1) is 27.7. The number of rotatable bonds is 9. The molecule has 0 aliphatic carbocycles. The average molecular weight is 588 g/mol. The molecule has 2 aliphatic heterocycles. The Morgan fingerprint density at radius 1 is 1.21 bits per heavy atom. The van der Waals surface area contributed by atoms with Crippen molar-refractivity contribution in [2.24, 2.45) is 0 Å². The van der Waals surface area contributed by atoms with Crippen LogP contribution in [0.2, 0.25) is 0 Å². The number of nitrogens with two attached hydrogens (primary N) is 1. The van der Waals surface area contributed by atoms with Gasteiger partial charge in [0.1, 0.15) is 37.1 Å². The van der Waals surface area contributed by atoms with Crippen molar-refractivity contribution in [3.8, 4) is 0 Å². The molecule has 3 aromatic heterocycles. The first-order chi connectivity index (χ1) is 18.6. The van der Waals surface area contributed by atoms with Gasteiger partial charge in [-0.3, -0.25) is 28.0 Å². The van der Waals surface area contributed by atoms with Crippen LogP contribution in [0.25, 0.3) is 11.2 Å². The van der Waals surface area contributed by atoms with Crippen LogP contribution in [0.15, 0.2) is 22.2 Å². The fourth-order valence-electron chi connectivity index (χ4n) is 4.37. The summed E-state index contributed by atoms with van der Waals surface area (Å²) in [6.07, 6.45) is -2.81. The van der Waals surface area contributed by atoms with Gasteiger partial charge >= 0.3 is 12.5 Å². The summed E-state index contributed by atoms with van der Waals surface area (Å²) in [6, 6.07) is 0. The van der Waals surface area contributed by atoms with E-state index in [2.05, 4.69) is 42.5 Å². The third kappa shape index (κ3) is 5.71. The van der Waals surface area contributed by atoms with Gasteiger partial charge in [0.15, 0.2) is 11.2 Å². The smallest absolute Gasteiger partial charge is 0.386 e. The minimum absolute atomic E-state index is 0.0406. The average Bonchev–Trinajstić information content (AvgIpc) is 3.59. The van der Waals surface area contributed by atoms with Crippen LogP contribution < -0.4 is 22.3 Å². The Kier molecular flexibility index (Phi) is 7.75. The highest BCUT2D eigenvalue weighted by Gasteiger charge is 2.42. The molecule has 2 fully saturated rings. The third-order valence-corrected chi connectivity index (χ3v) is 7.90. The second-order valence-corrected chi connectivity index (χ2v) is 11.7. The first-order valence-corrected chi connectivity index (χ1v) is 14.4. The van der Waals surface area contributed by atoms with Crippen molar-refractivity contribution in [2.45, 2.75) is 49.7 Å². The van der Waals surface area contributed by atoms with Gasteiger partial charge in [-0.1, -0.05) is 12.2 Å². The number of hydrogen-bond acceptors (Lipinski definition) is 15. The summed E-state index contributed by atoms with van der Waals surface area (Å²) in [7, 11) is 1.57. The Hall–Kier alpha value is -2.90. The molecule has 0 bridgehead atoms. The molecular weight excluding hydrogens is 561 g/mol. The number of nitrogens with one attached hydrogen (secondary N) is 2. The molecule has 0 radical (unpaired) electrons. The number of nitrogen functional groups attached to an aromatic ring is 1. The van der Waals surface area contributed by atoms with Gasteiger partial charge in [0, 0.05) is 19.9 Å². The zero-order valence-electron chi connectivity index (χ0n) is 20.4. The molecule has 5 rings (SSSR count). The third-order valence-electron chi connectivity index (χ3n) is 6.26. The van der Waals surface area contributed by atoms with E-state index in [-0.39, 0.29) is 42.5 Å². The van der Waals surface area contributed by atoms with Crippen molar-refractivity contribution in [3.05, 3.63) is 33.5 Å². The van der Waals surface area contributed by atoms with Crippen LogP contribution in [-0.4, -0.2) is 88.9 Å². The molecule has 0 spiro atoms. The molecular formula is C19H26N9O9PS. The Bertz CT molecular complexity index is 1520. The highest BCUT2D eigenvalue weighted by atomic mass is 32.7. The number of ether oxygens (including phenoxy) is 2. The number of anilines is 2. The lowest BCUT2D eigenvalue weighted by Crippen LogP contribution is -2.29. The minimum Gasteiger partial charge on any atom is -0.394 e. The van der Waals surface area contributed by atoms with Gasteiger partial charge in [-0.15, -0.1) is 0 Å². The number of hydrogen-bond donors (Lipinski definition) is 6. The fourth-order valence-corrected chi connectivity index (χ4v) is 5.89. The second kappa shape index (κ2) is 10.9. The number of H-pyrrole nitrogens is 1. The number of aromatic amines is 1. The lowest BCUT2D eigenvalue weighted by molar-refractivity contribution is -0.0500. The first-order valence-electron chi connectivity index (χ1n) is 11.7. The SMILES string of the molecule is CNc1ncn([C@H]2C[C@@H](O)[C@@H](COP(=O)(S)O[C@@H]3C[C@H](n4cnc5c(=O)[nH]c(N)nc54)O[C@@H]3CO)O2)c(=O)n1. The van der Waals surface area contributed by atoms with E-state index in [4.69, 9.17) is 24.3 Å². The van der Waals surface area contributed by atoms with Crippen molar-refractivity contribution >= 4 is 42.1 Å². The van der Waals surface area contributed by atoms with Crippen LogP contribution in [0.5, 0.6) is 0 Å². The van der Waals surface area contributed by atoms with Crippen LogP contribution in [0.4, 0.5) is 11.9 Å². The zero-order valence-corrected chi connectivity index (χ0v) is 22.1. The van der Waals surface area contributed by atoms with Crippen molar-refractivity contribution in [2.75, 3.05) is 31.3 Å². The summed E-state index contributed by atoms with van der Waals surface area (Å²) >= 11 is 4.03. The molecule has 18 nitrogen and oxygen atoms in total. The maximum absolute atomic E-state index is 13.0. The van der Waals surface area contributed by atoms with Gasteiger partial charge in [0.2, 0.25) is 11.9 Å². The van der Waals surface area contributed by atoms with E-state index in [9.17, 15) is 24.4 Å². The zero-order chi connectivity index (χ0) is 27.9. The highest BCUT2D eigenvalue weighted by Crippen LogP contribution is 2.56. The van der Waals surface area contributed by atoms with Gasteiger partial charge in [-0.25, -0.2) is 19.3 Å². The predicted octanol–water partition coefficient (Wildman–Crippen LogP) is -1.24. The number of fused-ring (bicyclic) bond motifs is 1. The molecule has 39 heavy (non-hydrogen) atoms. The molecule has 2 aliphatic rings. The van der Waals surface area contributed by atoms with Gasteiger partial charge in [0.25, 0.3) is 5.56 Å². The van der Waals surface area contributed by atoms with E-state index in [0.29, 0.717) is 0 Å². The molecule has 7 atom stereocenters. The number of aromatic nitrogens is 7. The largest absolute Gasteiger partial charge is 0.394 e. The lowest BCUT2D eigenvalue weighted by atomic mass is 10.2. The Morgan fingerprint density at radius 2 is 1.92 bits per heavy atom. The van der Waals surface area contributed by atoms with Crippen LogP contribution >= 0.6 is 19.0 Å². The van der Waals surface area contributed by atoms with E-state index < -0.39 is 61.5 Å². The molecule has 2 saturated heterocycles. The standard InChI is InChI=1S/C19H26N9O9PS/c1-21-18-23-7-28(19(32)26-18)12-2-8(30)11(36-12)5-34-38(33,39)37-9-3-13(35-10(9)4-29)27-6-22-14-15(27)24-17(20)25-16(14)31/h6-13,29-30H,2-5H2,1H3,(H,33,39)(H,21,26,32)(H3,20,24,25,31)/t8-,9-,10-,11-,12-,13-,38?/m1/s1. The number of imidazole rings is 1. The quantitative estimate of drug-likeness (QED) is 0.127. The molecule has 0 aromatic carbocycles. The van der Waals surface area contributed by atoms with E-state index in [0.717, 1.165) is 4.57 Å². The summed E-state index contributed by atoms with van der Waals surface area (Å²) < 4.78 is 38.1.